The number of hydrogen-bond donors (Lipinski definition) is 0. The molecule has 0 saturated heterocycles. The Kier molecular flexibility index (Phi) is 6.79. The van der Waals surface area contributed by atoms with Gasteiger partial charge in [-0.05, 0) is 18.9 Å². The summed E-state index contributed by atoms with van der Waals surface area (Å²) in [5.74, 6) is -0.128. The molecular formula is C9H16O2. The van der Waals surface area contributed by atoms with Crippen molar-refractivity contribution in [2.24, 2.45) is 0 Å². The minimum atomic E-state index is -0.128. The molecule has 0 saturated carbocycles. The van der Waals surface area contributed by atoms with E-state index in [-0.39, 0.29) is 5.97 Å². The highest BCUT2D eigenvalue weighted by Gasteiger charge is 1.97. The van der Waals surface area contributed by atoms with Crippen LogP contribution in [0.2, 0.25) is 0 Å². The Morgan fingerprint density at radius 3 is 2.73 bits per heavy atom. The molecule has 64 valence electrons. The van der Waals surface area contributed by atoms with Crippen molar-refractivity contribution in [3.05, 3.63) is 12.3 Å². The second-order valence-electron chi connectivity index (χ2n) is 2.37. The number of esters is 1. The first-order valence-electron chi connectivity index (χ1n) is 4.15. The zero-order chi connectivity index (χ0) is 8.53. The van der Waals surface area contributed by atoms with E-state index in [2.05, 4.69) is 6.92 Å². The molecule has 2 nitrogen and oxygen atoms in total. The van der Waals surface area contributed by atoms with Crippen LogP contribution >= 0.6 is 0 Å². The van der Waals surface area contributed by atoms with Gasteiger partial charge in [0, 0.05) is 6.42 Å². The van der Waals surface area contributed by atoms with Crippen LogP contribution in [0.4, 0.5) is 0 Å². The van der Waals surface area contributed by atoms with Crippen LogP contribution in [0.15, 0.2) is 12.3 Å². The van der Waals surface area contributed by atoms with E-state index in [4.69, 9.17) is 4.74 Å². The van der Waals surface area contributed by atoms with Crippen LogP contribution in [-0.2, 0) is 9.53 Å². The normalized spacial score (nSPS) is 10.4. The highest BCUT2D eigenvalue weighted by atomic mass is 16.5. The van der Waals surface area contributed by atoms with E-state index < -0.39 is 0 Å². The van der Waals surface area contributed by atoms with Crippen molar-refractivity contribution >= 4 is 5.97 Å². The first-order chi connectivity index (χ1) is 5.31. The predicted molar refractivity (Wildman–Crippen MR) is 45.0 cm³/mol. The van der Waals surface area contributed by atoms with Crippen molar-refractivity contribution < 1.29 is 9.53 Å². The Balaban J connectivity index is 3.29. The van der Waals surface area contributed by atoms with E-state index >= 15 is 0 Å². The van der Waals surface area contributed by atoms with Gasteiger partial charge in [-0.15, -0.1) is 0 Å². The molecule has 0 heterocycles. The molecule has 0 unspecified atom stereocenters. The molecule has 2 heteroatoms. The summed E-state index contributed by atoms with van der Waals surface area (Å²) in [4.78, 5) is 10.8. The Morgan fingerprint density at radius 2 is 2.18 bits per heavy atom. The van der Waals surface area contributed by atoms with E-state index in [1.807, 2.05) is 13.0 Å². The summed E-state index contributed by atoms with van der Waals surface area (Å²) in [5, 5.41) is 0. The van der Waals surface area contributed by atoms with Crippen molar-refractivity contribution in [2.75, 3.05) is 0 Å². The molecule has 0 bridgehead atoms. The lowest BCUT2D eigenvalue weighted by atomic mass is 10.3. The first-order valence-corrected chi connectivity index (χ1v) is 4.15. The van der Waals surface area contributed by atoms with E-state index in [0.717, 1.165) is 19.3 Å². The van der Waals surface area contributed by atoms with E-state index in [1.165, 1.54) is 6.26 Å². The van der Waals surface area contributed by atoms with Gasteiger partial charge < -0.3 is 4.74 Å². The van der Waals surface area contributed by atoms with Gasteiger partial charge >= 0.3 is 5.97 Å². The van der Waals surface area contributed by atoms with Crippen LogP contribution in [0.3, 0.4) is 0 Å². The summed E-state index contributed by atoms with van der Waals surface area (Å²) in [5.41, 5.74) is 0. The predicted octanol–water partition coefficient (Wildman–Crippen LogP) is 2.64. The number of ether oxygens (including phenoxy) is 1. The van der Waals surface area contributed by atoms with Crippen molar-refractivity contribution in [1.82, 2.24) is 0 Å². The van der Waals surface area contributed by atoms with Gasteiger partial charge in [-0.25, -0.2) is 0 Å². The number of allylic oxidation sites excluding steroid dienone is 1. The smallest absolute Gasteiger partial charge is 0.310 e. The number of carbonyl (C=O) groups excluding carboxylic acids is 1. The summed E-state index contributed by atoms with van der Waals surface area (Å²) < 4.78 is 4.77. The van der Waals surface area contributed by atoms with Crippen LogP contribution in [0.5, 0.6) is 0 Å². The van der Waals surface area contributed by atoms with E-state index in [0.29, 0.717) is 6.42 Å². The van der Waals surface area contributed by atoms with Crippen molar-refractivity contribution in [3.63, 3.8) is 0 Å². The molecule has 0 aliphatic rings. The molecule has 0 atom stereocenters. The molecule has 0 aromatic rings. The summed E-state index contributed by atoms with van der Waals surface area (Å²) >= 11 is 0. The summed E-state index contributed by atoms with van der Waals surface area (Å²) in [6.07, 6.45) is 6.68. The largest absolute Gasteiger partial charge is 0.435 e. The van der Waals surface area contributed by atoms with Gasteiger partial charge in [-0.3, -0.25) is 4.79 Å². The van der Waals surface area contributed by atoms with Gasteiger partial charge in [0.25, 0.3) is 0 Å². The second-order valence-corrected chi connectivity index (χ2v) is 2.37. The van der Waals surface area contributed by atoms with Crippen LogP contribution in [0, 0.1) is 0 Å². The SMILES string of the molecule is CCC=COC(=O)CCCC. The maximum absolute atomic E-state index is 10.8. The molecule has 0 N–H and O–H groups in total. The number of hydrogen-bond acceptors (Lipinski definition) is 2. The lowest BCUT2D eigenvalue weighted by Gasteiger charge is -1.95. The lowest BCUT2D eigenvalue weighted by Crippen LogP contribution is -1.98. The van der Waals surface area contributed by atoms with Crippen molar-refractivity contribution in [1.29, 1.82) is 0 Å². The maximum Gasteiger partial charge on any atom is 0.310 e. The second kappa shape index (κ2) is 7.32. The van der Waals surface area contributed by atoms with Gasteiger partial charge in [-0.1, -0.05) is 20.3 Å². The lowest BCUT2D eigenvalue weighted by molar-refractivity contribution is -0.138. The Bertz CT molecular complexity index is 128. The van der Waals surface area contributed by atoms with Gasteiger partial charge in [0.1, 0.15) is 0 Å². The fourth-order valence-electron chi connectivity index (χ4n) is 0.600. The highest BCUT2D eigenvalue weighted by molar-refractivity contribution is 5.69. The third kappa shape index (κ3) is 7.10. The van der Waals surface area contributed by atoms with Gasteiger partial charge in [0.2, 0.25) is 0 Å². The summed E-state index contributed by atoms with van der Waals surface area (Å²) in [6.45, 7) is 4.05. The molecule has 0 spiro atoms. The standard InChI is InChI=1S/C9H16O2/c1-3-5-7-9(10)11-8-6-4-2/h6,8H,3-5,7H2,1-2H3. The van der Waals surface area contributed by atoms with E-state index in [1.54, 1.807) is 0 Å². The number of unbranched alkanes of at least 4 members (excludes halogenated alkanes) is 1. The van der Waals surface area contributed by atoms with Crippen LogP contribution in [0.25, 0.3) is 0 Å². The molecule has 0 aromatic heterocycles. The van der Waals surface area contributed by atoms with Gasteiger partial charge in [-0.2, -0.15) is 0 Å². The fourth-order valence-corrected chi connectivity index (χ4v) is 0.600. The van der Waals surface area contributed by atoms with E-state index in [9.17, 15) is 4.79 Å². The van der Waals surface area contributed by atoms with Crippen LogP contribution < -0.4 is 0 Å². The molecule has 0 aliphatic carbocycles. The summed E-state index contributed by atoms with van der Waals surface area (Å²) in [7, 11) is 0. The molecule has 0 rings (SSSR count). The topological polar surface area (TPSA) is 26.3 Å². The molecular weight excluding hydrogens is 140 g/mol. The fraction of sp³-hybridized carbons (Fsp3) is 0.667. The monoisotopic (exact) mass is 156 g/mol. The first kappa shape index (κ1) is 10.2. The molecule has 0 amide bonds. The zero-order valence-electron chi connectivity index (χ0n) is 7.30. The van der Waals surface area contributed by atoms with Gasteiger partial charge in [0.05, 0.1) is 6.26 Å². The van der Waals surface area contributed by atoms with Crippen molar-refractivity contribution in [2.45, 2.75) is 39.5 Å². The third-order valence-corrected chi connectivity index (χ3v) is 1.27. The van der Waals surface area contributed by atoms with Crippen LogP contribution in [-0.4, -0.2) is 5.97 Å². The number of rotatable bonds is 5. The molecule has 0 radical (unpaired) electrons. The molecule has 0 aliphatic heterocycles. The third-order valence-electron chi connectivity index (χ3n) is 1.27. The molecule has 0 fully saturated rings. The van der Waals surface area contributed by atoms with Crippen molar-refractivity contribution in [3.8, 4) is 0 Å². The minimum Gasteiger partial charge on any atom is -0.435 e. The Hall–Kier alpha value is -0.790. The average molecular weight is 156 g/mol. The zero-order valence-corrected chi connectivity index (χ0v) is 7.30. The maximum atomic E-state index is 10.8. The quantitative estimate of drug-likeness (QED) is 0.452. The molecule has 0 aromatic carbocycles. The Labute approximate surface area is 68.2 Å². The van der Waals surface area contributed by atoms with Gasteiger partial charge in [0.15, 0.2) is 0 Å². The average Bonchev–Trinajstić information content (AvgIpc) is 2.01. The summed E-state index contributed by atoms with van der Waals surface area (Å²) in [6, 6.07) is 0. The minimum absolute atomic E-state index is 0.128. The number of carbonyl (C=O) groups is 1. The highest BCUT2D eigenvalue weighted by Crippen LogP contribution is 1.96. The Morgan fingerprint density at radius 1 is 1.45 bits per heavy atom. The molecule has 11 heavy (non-hydrogen) atoms. The van der Waals surface area contributed by atoms with Crippen LogP contribution in [0.1, 0.15) is 39.5 Å².